The fraction of sp³-hybridized carbons (Fsp3) is 0.222. The van der Waals surface area contributed by atoms with Crippen LogP contribution < -0.4 is 9.47 Å². The van der Waals surface area contributed by atoms with E-state index in [2.05, 4.69) is 12.2 Å². The van der Waals surface area contributed by atoms with Crippen LogP contribution in [0.4, 0.5) is 0 Å². The minimum absolute atomic E-state index is 0.159. The molecular weight excluding hydrogens is 264 g/mol. The second-order valence-electron chi connectivity index (χ2n) is 5.08. The molecule has 1 aliphatic rings. The molecule has 0 amide bonds. The van der Waals surface area contributed by atoms with Gasteiger partial charge in [0.15, 0.2) is 6.29 Å². The van der Waals surface area contributed by atoms with Crippen molar-refractivity contribution >= 4 is 6.08 Å². The van der Waals surface area contributed by atoms with E-state index in [1.807, 2.05) is 48.5 Å². The lowest BCUT2D eigenvalue weighted by atomic mass is 9.91. The van der Waals surface area contributed by atoms with Gasteiger partial charge in [0.25, 0.3) is 0 Å². The Morgan fingerprint density at radius 1 is 1.14 bits per heavy atom. The average Bonchev–Trinajstić information content (AvgIpc) is 2.53. The van der Waals surface area contributed by atoms with Crippen molar-refractivity contribution < 1.29 is 14.6 Å². The van der Waals surface area contributed by atoms with Crippen LogP contribution in [0.1, 0.15) is 23.5 Å². The number of para-hydroxylation sites is 1. The highest BCUT2D eigenvalue weighted by Gasteiger charge is 2.24. The number of hydrogen-bond donors (Lipinski definition) is 1. The van der Waals surface area contributed by atoms with Gasteiger partial charge in [0.1, 0.15) is 11.5 Å². The normalized spacial score (nSPS) is 20.9. The first-order valence-corrected chi connectivity index (χ1v) is 7.02. The fourth-order valence-corrected chi connectivity index (χ4v) is 2.56. The molecule has 1 aliphatic heterocycles. The molecule has 0 bridgehead atoms. The van der Waals surface area contributed by atoms with E-state index in [0.717, 1.165) is 22.6 Å². The van der Waals surface area contributed by atoms with Crippen LogP contribution in [0.25, 0.3) is 6.08 Å². The van der Waals surface area contributed by atoms with Gasteiger partial charge >= 0.3 is 0 Å². The van der Waals surface area contributed by atoms with Gasteiger partial charge in [-0.05, 0) is 23.8 Å². The maximum absolute atomic E-state index is 9.82. The van der Waals surface area contributed by atoms with E-state index >= 15 is 0 Å². The lowest BCUT2D eigenvalue weighted by Gasteiger charge is -2.27. The first-order valence-electron chi connectivity index (χ1n) is 7.02. The number of aliphatic hydroxyl groups excluding tert-OH is 1. The highest BCUT2D eigenvalue weighted by Crippen LogP contribution is 2.36. The monoisotopic (exact) mass is 282 g/mol. The number of benzene rings is 2. The summed E-state index contributed by atoms with van der Waals surface area (Å²) < 4.78 is 10.6. The molecule has 0 aliphatic carbocycles. The van der Waals surface area contributed by atoms with E-state index in [1.165, 1.54) is 0 Å². The lowest BCUT2D eigenvalue weighted by Crippen LogP contribution is -2.24. The second kappa shape index (κ2) is 6.02. The molecule has 21 heavy (non-hydrogen) atoms. The van der Waals surface area contributed by atoms with E-state index in [-0.39, 0.29) is 5.92 Å². The van der Waals surface area contributed by atoms with Gasteiger partial charge in [0, 0.05) is 17.9 Å². The van der Waals surface area contributed by atoms with Crippen LogP contribution in [0, 0.1) is 0 Å². The number of aliphatic hydroxyl groups is 1. The molecule has 2 atom stereocenters. The summed E-state index contributed by atoms with van der Waals surface area (Å²) in [6.07, 6.45) is 4.01. The Hall–Kier alpha value is -2.26. The molecule has 1 unspecified atom stereocenters. The summed E-state index contributed by atoms with van der Waals surface area (Å²) in [5.41, 5.74) is 2.22. The predicted octanol–water partition coefficient (Wildman–Crippen LogP) is 3.59. The van der Waals surface area contributed by atoms with E-state index in [1.54, 1.807) is 7.11 Å². The Morgan fingerprint density at radius 3 is 2.67 bits per heavy atom. The quantitative estimate of drug-likeness (QED) is 0.935. The zero-order valence-electron chi connectivity index (χ0n) is 11.9. The van der Waals surface area contributed by atoms with Crippen molar-refractivity contribution in [3.63, 3.8) is 0 Å². The summed E-state index contributed by atoms with van der Waals surface area (Å²) in [5, 5.41) is 9.82. The number of ether oxygens (including phenoxy) is 2. The Morgan fingerprint density at radius 2 is 1.90 bits per heavy atom. The van der Waals surface area contributed by atoms with Crippen molar-refractivity contribution in [1.82, 2.24) is 0 Å². The number of rotatable bonds is 3. The van der Waals surface area contributed by atoms with Gasteiger partial charge in [-0.15, -0.1) is 0 Å². The predicted molar refractivity (Wildman–Crippen MR) is 82.5 cm³/mol. The molecule has 0 aromatic heterocycles. The van der Waals surface area contributed by atoms with Crippen LogP contribution in [-0.4, -0.2) is 18.5 Å². The highest BCUT2D eigenvalue weighted by atomic mass is 16.6. The van der Waals surface area contributed by atoms with E-state index < -0.39 is 6.29 Å². The van der Waals surface area contributed by atoms with Crippen molar-refractivity contribution in [3.05, 3.63) is 65.7 Å². The lowest BCUT2D eigenvalue weighted by molar-refractivity contribution is -0.0353. The number of fused-ring (bicyclic) bond motifs is 1. The standard InChI is InChI=1S/C18H18O3/c1-20-15-10-7-13(8-11-15)6-9-14-12-18(19)21-17-5-3-2-4-16(14)17/h2-11,14,18-19H,12H2,1H3/b9-6+/t14-,18?/m1/s1. The molecule has 3 rings (SSSR count). The van der Waals surface area contributed by atoms with Crippen molar-refractivity contribution in [1.29, 1.82) is 0 Å². The number of hydrogen-bond acceptors (Lipinski definition) is 3. The Bertz CT molecular complexity index is 631. The minimum Gasteiger partial charge on any atom is -0.497 e. The maximum atomic E-state index is 9.82. The summed E-state index contributed by atoms with van der Waals surface area (Å²) in [5.74, 6) is 1.77. The molecule has 0 spiro atoms. The zero-order valence-corrected chi connectivity index (χ0v) is 11.9. The molecular formula is C18H18O3. The van der Waals surface area contributed by atoms with Gasteiger partial charge in [0.2, 0.25) is 0 Å². The SMILES string of the molecule is COc1ccc(/C=C/[C@@H]2CC(O)Oc3ccccc32)cc1. The number of methoxy groups -OCH3 is 1. The van der Waals surface area contributed by atoms with Gasteiger partial charge in [-0.25, -0.2) is 0 Å². The summed E-state index contributed by atoms with van der Waals surface area (Å²) in [6, 6.07) is 15.7. The van der Waals surface area contributed by atoms with Crippen molar-refractivity contribution in [2.45, 2.75) is 18.6 Å². The summed E-state index contributed by atoms with van der Waals surface area (Å²) >= 11 is 0. The summed E-state index contributed by atoms with van der Waals surface area (Å²) in [7, 11) is 1.66. The molecule has 0 fully saturated rings. The van der Waals surface area contributed by atoms with Gasteiger partial charge in [-0.2, -0.15) is 0 Å². The topological polar surface area (TPSA) is 38.7 Å². The third-order valence-corrected chi connectivity index (χ3v) is 3.67. The van der Waals surface area contributed by atoms with Crippen LogP contribution in [-0.2, 0) is 0 Å². The summed E-state index contributed by atoms with van der Waals surface area (Å²) in [6.45, 7) is 0. The molecule has 1 heterocycles. The smallest absolute Gasteiger partial charge is 0.198 e. The van der Waals surface area contributed by atoms with Crippen molar-refractivity contribution in [3.8, 4) is 11.5 Å². The molecule has 2 aromatic rings. The van der Waals surface area contributed by atoms with Crippen molar-refractivity contribution in [2.75, 3.05) is 7.11 Å². The average molecular weight is 282 g/mol. The second-order valence-corrected chi connectivity index (χ2v) is 5.08. The highest BCUT2D eigenvalue weighted by molar-refractivity contribution is 5.53. The van der Waals surface area contributed by atoms with E-state index in [0.29, 0.717) is 6.42 Å². The van der Waals surface area contributed by atoms with Crippen LogP contribution in [0.15, 0.2) is 54.6 Å². The largest absolute Gasteiger partial charge is 0.497 e. The van der Waals surface area contributed by atoms with Gasteiger partial charge in [-0.3, -0.25) is 0 Å². The van der Waals surface area contributed by atoms with E-state index in [9.17, 15) is 5.11 Å². The first kappa shape index (κ1) is 13.7. The molecule has 108 valence electrons. The molecule has 0 radical (unpaired) electrons. The third-order valence-electron chi connectivity index (χ3n) is 3.67. The van der Waals surface area contributed by atoms with Crippen LogP contribution in [0.3, 0.4) is 0 Å². The Labute approximate surface area is 124 Å². The molecule has 2 aromatic carbocycles. The van der Waals surface area contributed by atoms with E-state index in [4.69, 9.17) is 9.47 Å². The van der Waals surface area contributed by atoms with Gasteiger partial charge < -0.3 is 14.6 Å². The molecule has 0 saturated heterocycles. The third kappa shape index (κ3) is 3.09. The zero-order chi connectivity index (χ0) is 14.7. The molecule has 1 N–H and O–H groups in total. The molecule has 0 saturated carbocycles. The summed E-state index contributed by atoms with van der Waals surface area (Å²) in [4.78, 5) is 0. The maximum Gasteiger partial charge on any atom is 0.198 e. The minimum atomic E-state index is -0.745. The van der Waals surface area contributed by atoms with Crippen LogP contribution >= 0.6 is 0 Å². The fourth-order valence-electron chi connectivity index (χ4n) is 2.56. The molecule has 3 nitrogen and oxygen atoms in total. The molecule has 3 heteroatoms. The Balaban J connectivity index is 1.82. The van der Waals surface area contributed by atoms with Crippen molar-refractivity contribution in [2.24, 2.45) is 0 Å². The first-order chi connectivity index (χ1) is 10.3. The van der Waals surface area contributed by atoms with Gasteiger partial charge in [-0.1, -0.05) is 42.5 Å². The van der Waals surface area contributed by atoms with Gasteiger partial charge in [0.05, 0.1) is 7.11 Å². The Kier molecular flexibility index (Phi) is 3.93. The van der Waals surface area contributed by atoms with Crippen LogP contribution in [0.5, 0.6) is 11.5 Å². The number of allylic oxidation sites excluding steroid dienone is 1. The van der Waals surface area contributed by atoms with Crippen LogP contribution in [0.2, 0.25) is 0 Å².